The maximum absolute atomic E-state index is 13.4. The molecule has 0 saturated heterocycles. The Labute approximate surface area is 126 Å². The fraction of sp³-hybridized carbons (Fsp3) is 0.375. The van der Waals surface area contributed by atoms with Gasteiger partial charge in [0, 0.05) is 16.9 Å². The largest absolute Gasteiger partial charge is 0.480 e. The van der Waals surface area contributed by atoms with Gasteiger partial charge in [0.05, 0.1) is 0 Å². The zero-order valence-corrected chi connectivity index (χ0v) is 12.4. The van der Waals surface area contributed by atoms with Crippen molar-refractivity contribution in [2.45, 2.75) is 38.8 Å². The van der Waals surface area contributed by atoms with Gasteiger partial charge in [-0.3, -0.25) is 4.79 Å². The summed E-state index contributed by atoms with van der Waals surface area (Å²) in [4.78, 5) is 28.2. The molecule has 1 aliphatic rings. The fourth-order valence-corrected chi connectivity index (χ4v) is 2.76. The highest BCUT2D eigenvalue weighted by Gasteiger charge is 2.39. The predicted octanol–water partition coefficient (Wildman–Crippen LogP) is 2.69. The van der Waals surface area contributed by atoms with Crippen molar-refractivity contribution in [3.63, 3.8) is 0 Å². The van der Waals surface area contributed by atoms with E-state index in [-0.39, 0.29) is 17.8 Å². The van der Waals surface area contributed by atoms with E-state index in [2.05, 4.69) is 4.98 Å². The van der Waals surface area contributed by atoms with Crippen LogP contribution in [0.2, 0.25) is 0 Å². The monoisotopic (exact) mass is 304 g/mol. The van der Waals surface area contributed by atoms with E-state index in [0.29, 0.717) is 11.2 Å². The van der Waals surface area contributed by atoms with Crippen LogP contribution in [0, 0.1) is 12.7 Å². The Morgan fingerprint density at radius 2 is 2.05 bits per heavy atom. The molecule has 1 saturated carbocycles. The number of hydrogen-bond acceptors (Lipinski definition) is 2. The number of carboxylic acid groups (broad SMARTS) is 1. The maximum Gasteiger partial charge on any atom is 0.326 e. The lowest BCUT2D eigenvalue weighted by Gasteiger charge is -2.25. The number of fused-ring (bicyclic) bond motifs is 1. The second-order valence-electron chi connectivity index (χ2n) is 5.82. The second-order valence-corrected chi connectivity index (χ2v) is 5.82. The highest BCUT2D eigenvalue weighted by molar-refractivity contribution is 6.00. The van der Waals surface area contributed by atoms with Gasteiger partial charge < -0.3 is 15.0 Å². The number of carbonyl (C=O) groups excluding carboxylic acids is 1. The van der Waals surface area contributed by atoms with E-state index in [9.17, 15) is 19.1 Å². The third-order valence-electron chi connectivity index (χ3n) is 4.09. The van der Waals surface area contributed by atoms with Crippen molar-refractivity contribution in [2.24, 2.45) is 0 Å². The van der Waals surface area contributed by atoms with Crippen molar-refractivity contribution in [1.82, 2.24) is 9.88 Å². The summed E-state index contributed by atoms with van der Waals surface area (Å²) in [7, 11) is 0. The first-order chi connectivity index (χ1) is 10.4. The summed E-state index contributed by atoms with van der Waals surface area (Å²) in [5.41, 5.74) is 1.57. The number of rotatable bonds is 4. The molecule has 2 N–H and O–H groups in total. The molecule has 0 spiro atoms. The van der Waals surface area contributed by atoms with Crippen LogP contribution in [0.15, 0.2) is 18.2 Å². The molecule has 116 valence electrons. The van der Waals surface area contributed by atoms with Crippen molar-refractivity contribution in [2.75, 3.05) is 0 Å². The van der Waals surface area contributed by atoms with Crippen LogP contribution in [-0.4, -0.2) is 39.0 Å². The Bertz CT molecular complexity index is 764. The molecule has 22 heavy (non-hydrogen) atoms. The average Bonchev–Trinajstić information content (AvgIpc) is 3.17. The van der Waals surface area contributed by atoms with Gasteiger partial charge in [-0.25, -0.2) is 9.18 Å². The number of benzene rings is 1. The molecular formula is C16H17FN2O3. The van der Waals surface area contributed by atoms with Crippen molar-refractivity contribution in [3.8, 4) is 0 Å². The smallest absolute Gasteiger partial charge is 0.326 e. The Hall–Kier alpha value is -2.37. The Kier molecular flexibility index (Phi) is 3.39. The summed E-state index contributed by atoms with van der Waals surface area (Å²) in [6.07, 6.45) is 1.63. The molecule has 1 unspecified atom stereocenters. The number of H-pyrrole nitrogens is 1. The van der Waals surface area contributed by atoms with E-state index in [1.165, 1.54) is 24.0 Å². The quantitative estimate of drug-likeness (QED) is 0.912. The number of aromatic amines is 1. The number of halogens is 1. The SMILES string of the molecule is Cc1cc(F)cc2[nH]c(C(=O)N(C3CC3)C(C)C(=O)O)cc12. The summed E-state index contributed by atoms with van der Waals surface area (Å²) >= 11 is 0. The molecule has 5 nitrogen and oxygen atoms in total. The van der Waals surface area contributed by atoms with Crippen LogP contribution < -0.4 is 0 Å². The predicted molar refractivity (Wildman–Crippen MR) is 79.3 cm³/mol. The number of nitrogens with one attached hydrogen (secondary N) is 1. The molecule has 1 aliphatic carbocycles. The normalized spacial score (nSPS) is 15.8. The zero-order valence-electron chi connectivity index (χ0n) is 12.4. The van der Waals surface area contributed by atoms with Gasteiger partial charge in [0.1, 0.15) is 17.6 Å². The van der Waals surface area contributed by atoms with Crippen LogP contribution in [0.25, 0.3) is 10.9 Å². The third-order valence-corrected chi connectivity index (χ3v) is 4.09. The molecule has 1 heterocycles. The highest BCUT2D eigenvalue weighted by Crippen LogP contribution is 2.31. The lowest BCUT2D eigenvalue weighted by atomic mass is 10.1. The molecule has 6 heteroatoms. The molecule has 1 aromatic carbocycles. The highest BCUT2D eigenvalue weighted by atomic mass is 19.1. The van der Waals surface area contributed by atoms with Crippen LogP contribution >= 0.6 is 0 Å². The van der Waals surface area contributed by atoms with Crippen LogP contribution in [0.3, 0.4) is 0 Å². The molecule has 1 amide bonds. The molecule has 1 fully saturated rings. The van der Waals surface area contributed by atoms with Crippen LogP contribution in [0.4, 0.5) is 4.39 Å². The van der Waals surface area contributed by atoms with Gasteiger partial charge in [-0.05, 0) is 50.5 Å². The molecule has 1 aromatic heterocycles. The number of hydrogen-bond donors (Lipinski definition) is 2. The number of nitrogens with zero attached hydrogens (tertiary/aromatic N) is 1. The maximum atomic E-state index is 13.4. The van der Waals surface area contributed by atoms with Crippen LogP contribution in [0.5, 0.6) is 0 Å². The summed E-state index contributed by atoms with van der Waals surface area (Å²) in [6.45, 7) is 3.28. The Morgan fingerprint density at radius 3 is 2.64 bits per heavy atom. The molecule has 0 aliphatic heterocycles. The molecular weight excluding hydrogens is 287 g/mol. The lowest BCUT2D eigenvalue weighted by molar-refractivity contribution is -0.141. The van der Waals surface area contributed by atoms with E-state index in [0.717, 1.165) is 23.8 Å². The Balaban J connectivity index is 2.00. The van der Waals surface area contributed by atoms with Crippen molar-refractivity contribution < 1.29 is 19.1 Å². The van der Waals surface area contributed by atoms with Crippen molar-refractivity contribution in [3.05, 3.63) is 35.3 Å². The molecule has 1 atom stereocenters. The van der Waals surface area contributed by atoms with E-state index < -0.39 is 12.0 Å². The van der Waals surface area contributed by atoms with Gasteiger partial charge in [-0.2, -0.15) is 0 Å². The van der Waals surface area contributed by atoms with Crippen molar-refractivity contribution in [1.29, 1.82) is 0 Å². The number of aryl methyl sites for hydroxylation is 1. The number of carbonyl (C=O) groups is 2. The van der Waals surface area contributed by atoms with Crippen LogP contribution in [0.1, 0.15) is 35.8 Å². The number of carboxylic acids is 1. The second kappa shape index (κ2) is 5.12. The van der Waals surface area contributed by atoms with E-state index in [4.69, 9.17) is 0 Å². The molecule has 0 bridgehead atoms. The minimum Gasteiger partial charge on any atom is -0.480 e. The minimum absolute atomic E-state index is 0.0251. The first-order valence-electron chi connectivity index (χ1n) is 7.23. The van der Waals surface area contributed by atoms with Gasteiger partial charge >= 0.3 is 5.97 Å². The third kappa shape index (κ3) is 2.45. The van der Waals surface area contributed by atoms with Gasteiger partial charge in [-0.15, -0.1) is 0 Å². The number of aromatic nitrogens is 1. The van der Waals surface area contributed by atoms with Crippen molar-refractivity contribution >= 4 is 22.8 Å². The molecule has 3 rings (SSSR count). The van der Waals surface area contributed by atoms with E-state index in [1.54, 1.807) is 13.0 Å². The van der Waals surface area contributed by atoms with E-state index >= 15 is 0 Å². The molecule has 2 aromatic rings. The number of aliphatic carboxylic acids is 1. The summed E-state index contributed by atoms with van der Waals surface area (Å²) in [5, 5.41) is 9.96. The van der Waals surface area contributed by atoms with E-state index in [1.807, 2.05) is 0 Å². The number of amides is 1. The average molecular weight is 304 g/mol. The van der Waals surface area contributed by atoms with Gasteiger partial charge in [0.2, 0.25) is 0 Å². The Morgan fingerprint density at radius 1 is 1.36 bits per heavy atom. The first-order valence-corrected chi connectivity index (χ1v) is 7.23. The summed E-state index contributed by atoms with van der Waals surface area (Å²) in [6, 6.07) is 3.49. The van der Waals surface area contributed by atoms with Gasteiger partial charge in [0.25, 0.3) is 5.91 Å². The first kappa shape index (κ1) is 14.6. The van der Waals surface area contributed by atoms with Gasteiger partial charge in [0.15, 0.2) is 0 Å². The molecule has 0 radical (unpaired) electrons. The van der Waals surface area contributed by atoms with Gasteiger partial charge in [-0.1, -0.05) is 0 Å². The minimum atomic E-state index is -1.03. The standard InChI is InChI=1S/C16H17FN2O3/c1-8-5-10(17)6-13-12(8)7-14(18-13)15(20)19(11-3-4-11)9(2)16(21)22/h5-7,9,11,18H,3-4H2,1-2H3,(H,21,22). The summed E-state index contributed by atoms with van der Waals surface area (Å²) < 4.78 is 13.4. The topological polar surface area (TPSA) is 73.4 Å². The zero-order chi connectivity index (χ0) is 16.0. The fourth-order valence-electron chi connectivity index (χ4n) is 2.76. The lowest BCUT2D eigenvalue weighted by Crippen LogP contribution is -2.44. The summed E-state index contributed by atoms with van der Waals surface area (Å²) in [5.74, 6) is -1.75. The van der Waals surface area contributed by atoms with Crippen LogP contribution in [-0.2, 0) is 4.79 Å².